The standard InChI is InChI=1S/C13H15N3O/c1-17-12-6-5-9(8-3-2-4-10(8)12)11-7-13(14)16-15-11/h5-7H,2-4H2,1H3,(H3,14,15,16). The van der Waals surface area contributed by atoms with Gasteiger partial charge in [-0.1, -0.05) is 0 Å². The van der Waals surface area contributed by atoms with Crippen molar-refractivity contribution in [1.29, 1.82) is 0 Å². The van der Waals surface area contributed by atoms with Gasteiger partial charge in [0.2, 0.25) is 0 Å². The number of methoxy groups -OCH3 is 1. The largest absolute Gasteiger partial charge is 0.496 e. The Morgan fingerprint density at radius 1 is 1.29 bits per heavy atom. The molecular weight excluding hydrogens is 214 g/mol. The van der Waals surface area contributed by atoms with Crippen LogP contribution in [-0.4, -0.2) is 17.3 Å². The van der Waals surface area contributed by atoms with Gasteiger partial charge in [-0.15, -0.1) is 0 Å². The highest BCUT2D eigenvalue weighted by atomic mass is 16.5. The summed E-state index contributed by atoms with van der Waals surface area (Å²) in [4.78, 5) is 0. The Balaban J connectivity index is 2.16. The van der Waals surface area contributed by atoms with E-state index >= 15 is 0 Å². The topological polar surface area (TPSA) is 63.9 Å². The van der Waals surface area contributed by atoms with Crippen LogP contribution in [0.15, 0.2) is 18.2 Å². The van der Waals surface area contributed by atoms with Gasteiger partial charge in [-0.2, -0.15) is 5.10 Å². The molecule has 4 heteroatoms. The number of ether oxygens (including phenoxy) is 1. The SMILES string of the molecule is COc1ccc(-c2cc(N)n[nH]2)c2c1CCC2. The van der Waals surface area contributed by atoms with Crippen molar-refractivity contribution in [3.05, 3.63) is 29.3 Å². The van der Waals surface area contributed by atoms with E-state index in [0.717, 1.165) is 24.3 Å². The minimum atomic E-state index is 0.530. The molecule has 88 valence electrons. The first-order valence-electron chi connectivity index (χ1n) is 5.79. The minimum Gasteiger partial charge on any atom is -0.496 e. The number of nitrogens with zero attached hydrogens (tertiary/aromatic N) is 1. The summed E-state index contributed by atoms with van der Waals surface area (Å²) < 4.78 is 5.40. The van der Waals surface area contributed by atoms with E-state index < -0.39 is 0 Å². The maximum Gasteiger partial charge on any atom is 0.145 e. The van der Waals surface area contributed by atoms with Gasteiger partial charge in [0.05, 0.1) is 12.8 Å². The van der Waals surface area contributed by atoms with Gasteiger partial charge in [0.1, 0.15) is 11.6 Å². The van der Waals surface area contributed by atoms with Gasteiger partial charge < -0.3 is 10.5 Å². The fourth-order valence-corrected chi connectivity index (χ4v) is 2.59. The third-order valence-electron chi connectivity index (χ3n) is 3.35. The smallest absolute Gasteiger partial charge is 0.145 e. The Kier molecular flexibility index (Phi) is 2.28. The number of nitrogens with one attached hydrogen (secondary N) is 1. The van der Waals surface area contributed by atoms with E-state index in [4.69, 9.17) is 10.5 Å². The first-order chi connectivity index (χ1) is 8.29. The maximum absolute atomic E-state index is 5.65. The molecule has 17 heavy (non-hydrogen) atoms. The number of H-pyrrole nitrogens is 1. The summed E-state index contributed by atoms with van der Waals surface area (Å²) in [5.74, 6) is 1.52. The van der Waals surface area contributed by atoms with Crippen LogP contribution < -0.4 is 10.5 Å². The Bertz CT molecular complexity index is 560. The van der Waals surface area contributed by atoms with Gasteiger partial charge in [0.25, 0.3) is 0 Å². The molecule has 3 rings (SSSR count). The Morgan fingerprint density at radius 3 is 2.82 bits per heavy atom. The van der Waals surface area contributed by atoms with Crippen LogP contribution in [0.2, 0.25) is 0 Å². The molecule has 0 unspecified atom stereocenters. The van der Waals surface area contributed by atoms with Crippen molar-refractivity contribution in [2.45, 2.75) is 19.3 Å². The number of benzene rings is 1. The molecule has 1 aromatic carbocycles. The molecule has 0 spiro atoms. The van der Waals surface area contributed by atoms with Gasteiger partial charge >= 0.3 is 0 Å². The first-order valence-corrected chi connectivity index (χ1v) is 5.79. The lowest BCUT2D eigenvalue weighted by molar-refractivity contribution is 0.410. The van der Waals surface area contributed by atoms with Gasteiger partial charge in [-0.05, 0) is 42.5 Å². The summed E-state index contributed by atoms with van der Waals surface area (Å²) in [6.07, 6.45) is 3.38. The van der Waals surface area contributed by atoms with Crippen molar-refractivity contribution in [3.8, 4) is 17.0 Å². The lowest BCUT2D eigenvalue weighted by atomic mass is 10.00. The molecule has 3 N–H and O–H groups in total. The molecule has 1 aliphatic rings. The number of nitrogens with two attached hydrogens (primary N) is 1. The van der Waals surface area contributed by atoms with Gasteiger partial charge in [0.15, 0.2) is 0 Å². The van der Waals surface area contributed by atoms with Crippen molar-refractivity contribution < 1.29 is 4.74 Å². The highest BCUT2D eigenvalue weighted by molar-refractivity contribution is 5.70. The van der Waals surface area contributed by atoms with E-state index in [1.54, 1.807) is 7.11 Å². The minimum absolute atomic E-state index is 0.530. The molecule has 2 aromatic rings. The van der Waals surface area contributed by atoms with Crippen molar-refractivity contribution in [2.75, 3.05) is 12.8 Å². The van der Waals surface area contributed by atoms with Crippen LogP contribution in [0, 0.1) is 0 Å². The van der Waals surface area contributed by atoms with Crippen LogP contribution in [0.5, 0.6) is 5.75 Å². The molecular formula is C13H15N3O. The molecule has 4 nitrogen and oxygen atoms in total. The highest BCUT2D eigenvalue weighted by Crippen LogP contribution is 2.37. The second-order valence-electron chi connectivity index (χ2n) is 4.33. The number of fused-ring (bicyclic) bond motifs is 1. The predicted molar refractivity (Wildman–Crippen MR) is 67.0 cm³/mol. The Labute approximate surface area is 99.8 Å². The summed E-state index contributed by atoms with van der Waals surface area (Å²) in [5, 5.41) is 6.96. The maximum atomic E-state index is 5.65. The average molecular weight is 229 g/mol. The zero-order valence-electron chi connectivity index (χ0n) is 9.79. The summed E-state index contributed by atoms with van der Waals surface area (Å²) in [7, 11) is 1.72. The lowest BCUT2D eigenvalue weighted by Gasteiger charge is -2.10. The van der Waals surface area contributed by atoms with Crippen LogP contribution in [0.4, 0.5) is 5.82 Å². The second-order valence-corrected chi connectivity index (χ2v) is 4.33. The normalized spacial score (nSPS) is 13.7. The Hall–Kier alpha value is -1.97. The zero-order valence-corrected chi connectivity index (χ0v) is 9.79. The number of aromatic nitrogens is 2. The number of nitrogen functional groups attached to an aromatic ring is 1. The number of hydrogen-bond donors (Lipinski definition) is 2. The van der Waals surface area contributed by atoms with Crippen LogP contribution in [0.25, 0.3) is 11.3 Å². The molecule has 0 atom stereocenters. The quantitative estimate of drug-likeness (QED) is 0.829. The lowest BCUT2D eigenvalue weighted by Crippen LogP contribution is -1.94. The number of aromatic amines is 1. The number of hydrogen-bond acceptors (Lipinski definition) is 3. The number of anilines is 1. The molecule has 1 aliphatic carbocycles. The third kappa shape index (κ3) is 1.56. The van der Waals surface area contributed by atoms with Crippen LogP contribution in [-0.2, 0) is 12.8 Å². The first kappa shape index (κ1) is 10.2. The molecule has 1 aromatic heterocycles. The van der Waals surface area contributed by atoms with Gasteiger partial charge in [-0.25, -0.2) is 0 Å². The number of rotatable bonds is 2. The van der Waals surface area contributed by atoms with Gasteiger partial charge in [-0.3, -0.25) is 5.10 Å². The van der Waals surface area contributed by atoms with Crippen LogP contribution >= 0.6 is 0 Å². The van der Waals surface area contributed by atoms with Gasteiger partial charge in [0, 0.05) is 11.6 Å². The summed E-state index contributed by atoms with van der Waals surface area (Å²) in [6.45, 7) is 0. The highest BCUT2D eigenvalue weighted by Gasteiger charge is 2.20. The van der Waals surface area contributed by atoms with Crippen molar-refractivity contribution >= 4 is 5.82 Å². The summed E-state index contributed by atoms with van der Waals surface area (Å²) in [5.41, 5.74) is 10.5. The molecule has 0 fully saturated rings. The molecule has 1 heterocycles. The molecule has 0 saturated heterocycles. The van der Waals surface area contributed by atoms with E-state index in [1.807, 2.05) is 12.1 Å². The van der Waals surface area contributed by atoms with E-state index in [-0.39, 0.29) is 0 Å². The second kappa shape index (κ2) is 3.80. The molecule has 0 amide bonds. The third-order valence-corrected chi connectivity index (χ3v) is 3.35. The molecule has 0 saturated carbocycles. The average Bonchev–Trinajstić information content (AvgIpc) is 2.96. The van der Waals surface area contributed by atoms with Crippen molar-refractivity contribution in [3.63, 3.8) is 0 Å². The van der Waals surface area contributed by atoms with Crippen molar-refractivity contribution in [2.24, 2.45) is 0 Å². The summed E-state index contributed by atoms with van der Waals surface area (Å²) in [6, 6.07) is 5.98. The van der Waals surface area contributed by atoms with E-state index in [1.165, 1.54) is 23.1 Å². The predicted octanol–water partition coefficient (Wildman–Crippen LogP) is 2.16. The molecule has 0 aliphatic heterocycles. The van der Waals surface area contributed by atoms with E-state index in [2.05, 4.69) is 16.3 Å². The van der Waals surface area contributed by atoms with E-state index in [0.29, 0.717) is 5.82 Å². The zero-order chi connectivity index (χ0) is 11.8. The van der Waals surface area contributed by atoms with Crippen LogP contribution in [0.3, 0.4) is 0 Å². The fourth-order valence-electron chi connectivity index (χ4n) is 2.59. The summed E-state index contributed by atoms with van der Waals surface area (Å²) >= 11 is 0. The monoisotopic (exact) mass is 229 g/mol. The molecule has 0 bridgehead atoms. The fraction of sp³-hybridized carbons (Fsp3) is 0.308. The van der Waals surface area contributed by atoms with Crippen molar-refractivity contribution in [1.82, 2.24) is 10.2 Å². The van der Waals surface area contributed by atoms with Crippen LogP contribution in [0.1, 0.15) is 17.5 Å². The van der Waals surface area contributed by atoms with E-state index in [9.17, 15) is 0 Å². The Morgan fingerprint density at radius 2 is 2.12 bits per heavy atom. The molecule has 0 radical (unpaired) electrons.